The number of hydrogen-bond acceptors (Lipinski definition) is 4. The molecular weight excluding hydrogens is 359 g/mol. The second-order valence-corrected chi connectivity index (χ2v) is 7.30. The molecule has 0 amide bonds. The lowest BCUT2D eigenvalue weighted by molar-refractivity contribution is 0.630. The number of nitrogens with zero attached hydrogens (tertiary/aromatic N) is 1. The lowest BCUT2D eigenvalue weighted by Gasteiger charge is -2.12. The Labute approximate surface area is 157 Å². The van der Waals surface area contributed by atoms with Crippen molar-refractivity contribution in [1.29, 1.82) is 0 Å². The predicted octanol–water partition coefficient (Wildman–Crippen LogP) is 5.85. The minimum Gasteiger partial charge on any atom is -0.339 e. The van der Waals surface area contributed by atoms with Crippen LogP contribution in [0, 0.1) is 5.82 Å². The van der Waals surface area contributed by atoms with Crippen LogP contribution in [0.1, 0.15) is 0 Å². The number of nitrogens with one attached hydrogen (secondary N) is 1. The van der Waals surface area contributed by atoms with Gasteiger partial charge in [0.1, 0.15) is 11.6 Å². The number of aromatic nitrogens is 1. The fraction of sp³-hybridized carbons (Fsp3) is 0. The first-order valence-corrected chi connectivity index (χ1v) is 9.29. The van der Waals surface area contributed by atoms with Crippen molar-refractivity contribution in [2.45, 2.75) is 0 Å². The summed E-state index contributed by atoms with van der Waals surface area (Å²) in [6.45, 7) is 0. The average molecular weight is 372 g/mol. The molecule has 0 aliphatic carbocycles. The maximum atomic E-state index is 13.7. The van der Waals surface area contributed by atoms with Crippen LogP contribution in [-0.2, 0) is 0 Å². The minimum atomic E-state index is -0.410. The molecule has 3 aromatic carbocycles. The molecule has 0 aliphatic heterocycles. The van der Waals surface area contributed by atoms with Crippen LogP contribution in [0.3, 0.4) is 0 Å². The highest BCUT2D eigenvalue weighted by Gasteiger charge is 2.15. The topological polar surface area (TPSA) is 42.0 Å². The first kappa shape index (κ1) is 15.9. The molecule has 0 saturated carbocycles. The molecule has 0 atom stereocenters. The highest BCUT2D eigenvalue weighted by Crippen LogP contribution is 2.35. The van der Waals surface area contributed by atoms with Crippen molar-refractivity contribution in [2.24, 2.45) is 0 Å². The molecule has 0 spiro atoms. The third kappa shape index (κ3) is 2.64. The maximum Gasteiger partial charge on any atom is 0.196 e. The van der Waals surface area contributed by atoms with Crippen LogP contribution >= 0.6 is 11.3 Å². The highest BCUT2D eigenvalue weighted by molar-refractivity contribution is 7.25. The molecule has 1 N–H and O–H groups in total. The fourth-order valence-corrected chi connectivity index (χ4v) is 4.39. The van der Waals surface area contributed by atoms with E-state index in [4.69, 9.17) is 4.98 Å². The van der Waals surface area contributed by atoms with Crippen molar-refractivity contribution in [3.8, 4) is 0 Å². The number of benzene rings is 3. The number of fused-ring (bicyclic) bond motifs is 4. The number of para-hydroxylation sites is 2. The van der Waals surface area contributed by atoms with E-state index in [2.05, 4.69) is 5.32 Å². The average Bonchev–Trinajstić information content (AvgIpc) is 2.69. The Kier molecular flexibility index (Phi) is 3.62. The van der Waals surface area contributed by atoms with Gasteiger partial charge in [-0.25, -0.2) is 9.37 Å². The van der Waals surface area contributed by atoms with E-state index in [0.717, 1.165) is 26.0 Å². The summed E-state index contributed by atoms with van der Waals surface area (Å²) in [6.07, 6.45) is 0. The molecule has 3 nitrogen and oxygen atoms in total. The fourth-order valence-electron chi connectivity index (χ4n) is 3.28. The van der Waals surface area contributed by atoms with Crippen molar-refractivity contribution < 1.29 is 4.39 Å². The smallest absolute Gasteiger partial charge is 0.196 e. The third-order valence-corrected chi connectivity index (χ3v) is 5.69. The molecule has 0 radical (unpaired) electrons. The summed E-state index contributed by atoms with van der Waals surface area (Å²) in [5.41, 5.74) is 1.44. The lowest BCUT2D eigenvalue weighted by Crippen LogP contribution is -2.05. The Bertz CT molecular complexity index is 1380. The van der Waals surface area contributed by atoms with Crippen LogP contribution < -0.4 is 10.7 Å². The Morgan fingerprint density at radius 2 is 1.67 bits per heavy atom. The monoisotopic (exact) mass is 372 g/mol. The zero-order valence-electron chi connectivity index (χ0n) is 14.1. The molecule has 5 rings (SSSR count). The van der Waals surface area contributed by atoms with E-state index in [1.165, 1.54) is 23.5 Å². The van der Waals surface area contributed by atoms with Gasteiger partial charge in [0, 0.05) is 21.2 Å². The van der Waals surface area contributed by atoms with Crippen molar-refractivity contribution in [3.05, 3.63) is 88.8 Å². The Morgan fingerprint density at radius 3 is 2.52 bits per heavy atom. The molecule has 5 aromatic rings. The summed E-state index contributed by atoms with van der Waals surface area (Å²) in [7, 11) is 0. The van der Waals surface area contributed by atoms with Gasteiger partial charge in [-0.05, 0) is 36.4 Å². The van der Waals surface area contributed by atoms with Gasteiger partial charge in [-0.15, -0.1) is 11.3 Å². The van der Waals surface area contributed by atoms with Crippen LogP contribution in [-0.4, -0.2) is 4.98 Å². The molecule has 2 aromatic heterocycles. The quantitative estimate of drug-likeness (QED) is 0.312. The van der Waals surface area contributed by atoms with Gasteiger partial charge < -0.3 is 5.32 Å². The summed E-state index contributed by atoms with van der Waals surface area (Å²) < 4.78 is 15.2. The number of halogens is 1. The number of pyridine rings is 1. The van der Waals surface area contributed by atoms with Gasteiger partial charge in [0.25, 0.3) is 0 Å². The van der Waals surface area contributed by atoms with Gasteiger partial charge in [-0.3, -0.25) is 4.79 Å². The van der Waals surface area contributed by atoms with E-state index < -0.39 is 5.82 Å². The Hall–Kier alpha value is -3.31. The molecule has 5 heteroatoms. The van der Waals surface area contributed by atoms with Gasteiger partial charge in [-0.1, -0.05) is 36.4 Å². The van der Waals surface area contributed by atoms with Crippen LogP contribution in [0.4, 0.5) is 15.9 Å². The molecule has 27 heavy (non-hydrogen) atoms. The van der Waals surface area contributed by atoms with E-state index in [9.17, 15) is 9.18 Å². The molecule has 0 fully saturated rings. The van der Waals surface area contributed by atoms with Gasteiger partial charge >= 0.3 is 0 Å². The zero-order chi connectivity index (χ0) is 18.4. The van der Waals surface area contributed by atoms with Crippen LogP contribution in [0.2, 0.25) is 0 Å². The summed E-state index contributed by atoms with van der Waals surface area (Å²) in [6, 6.07) is 21.6. The standard InChI is InChI=1S/C22H13FN2OS/c23-13-10-11-18-16(12-13)20(26)19-15-8-4-5-9-17(15)25-22(21(19)27-18)24-14-6-2-1-3-7-14/h1-12H,(H,24,25). The first-order chi connectivity index (χ1) is 13.2. The largest absolute Gasteiger partial charge is 0.339 e. The molecule has 0 saturated heterocycles. The van der Waals surface area contributed by atoms with Gasteiger partial charge in [0.05, 0.1) is 15.6 Å². The van der Waals surface area contributed by atoms with E-state index in [-0.39, 0.29) is 5.43 Å². The number of hydrogen-bond donors (Lipinski definition) is 1. The maximum absolute atomic E-state index is 13.7. The van der Waals surface area contributed by atoms with Crippen LogP contribution in [0.5, 0.6) is 0 Å². The number of rotatable bonds is 2. The molecular formula is C22H13FN2OS. The lowest BCUT2D eigenvalue weighted by atomic mass is 10.1. The zero-order valence-corrected chi connectivity index (χ0v) is 14.9. The van der Waals surface area contributed by atoms with Gasteiger partial charge in [-0.2, -0.15) is 0 Å². The second-order valence-electron chi connectivity index (χ2n) is 6.24. The molecule has 0 aliphatic rings. The van der Waals surface area contributed by atoms with E-state index in [1.807, 2.05) is 54.6 Å². The summed E-state index contributed by atoms with van der Waals surface area (Å²) >= 11 is 1.44. The summed E-state index contributed by atoms with van der Waals surface area (Å²) in [5.74, 6) is 0.218. The van der Waals surface area contributed by atoms with Crippen molar-refractivity contribution in [2.75, 3.05) is 5.32 Å². The van der Waals surface area contributed by atoms with Crippen molar-refractivity contribution in [1.82, 2.24) is 4.98 Å². The highest BCUT2D eigenvalue weighted by atomic mass is 32.1. The van der Waals surface area contributed by atoms with Crippen LogP contribution in [0.25, 0.3) is 31.1 Å². The third-order valence-electron chi connectivity index (χ3n) is 4.51. The normalized spacial score (nSPS) is 11.3. The summed E-state index contributed by atoms with van der Waals surface area (Å²) in [5, 5.41) is 5.07. The predicted molar refractivity (Wildman–Crippen MR) is 111 cm³/mol. The first-order valence-electron chi connectivity index (χ1n) is 8.47. The molecule has 0 unspecified atom stereocenters. The molecule has 130 valence electrons. The van der Waals surface area contributed by atoms with Crippen molar-refractivity contribution in [3.63, 3.8) is 0 Å². The minimum absolute atomic E-state index is 0.173. The Morgan fingerprint density at radius 1 is 0.889 bits per heavy atom. The Balaban J connectivity index is 1.92. The number of anilines is 2. The van der Waals surface area contributed by atoms with Gasteiger partial charge in [0.15, 0.2) is 5.43 Å². The SMILES string of the molecule is O=c1c2cc(F)ccc2sc2c(Nc3ccccc3)nc3ccccc3c12. The summed E-state index contributed by atoms with van der Waals surface area (Å²) in [4.78, 5) is 18.0. The molecule has 0 bridgehead atoms. The molecule has 2 heterocycles. The van der Waals surface area contributed by atoms with E-state index in [1.54, 1.807) is 6.07 Å². The van der Waals surface area contributed by atoms with E-state index >= 15 is 0 Å². The van der Waals surface area contributed by atoms with Crippen LogP contribution in [0.15, 0.2) is 77.6 Å². The second kappa shape index (κ2) is 6.14. The van der Waals surface area contributed by atoms with Crippen molar-refractivity contribution >= 4 is 53.9 Å². The van der Waals surface area contributed by atoms with E-state index in [0.29, 0.717) is 16.6 Å². The van der Waals surface area contributed by atoms with Gasteiger partial charge in [0.2, 0.25) is 0 Å².